The fourth-order valence-corrected chi connectivity index (χ4v) is 11.0. The average molecular weight is 1090 g/mol. The lowest BCUT2D eigenvalue weighted by Gasteiger charge is -2.51. The third kappa shape index (κ3) is 17.0. The number of likely N-dealkylation sites (N-methyl/N-ethyl adjacent to an activating group) is 1. The van der Waals surface area contributed by atoms with Gasteiger partial charge in [0.2, 0.25) is 0 Å². The molecule has 0 radical (unpaired) electrons. The lowest BCUT2D eigenvalue weighted by Crippen LogP contribution is -2.66. The lowest BCUT2D eigenvalue weighted by atomic mass is 9.79. The Kier molecular flexibility index (Phi) is 24.4. The summed E-state index contributed by atoms with van der Waals surface area (Å²) in [6, 6.07) is 5.11. The zero-order valence-corrected chi connectivity index (χ0v) is 47.5. The Balaban J connectivity index is 1.43. The van der Waals surface area contributed by atoms with Crippen molar-refractivity contribution in [1.82, 2.24) is 4.90 Å². The van der Waals surface area contributed by atoms with Gasteiger partial charge in [0.15, 0.2) is 30.8 Å². The summed E-state index contributed by atoms with van der Waals surface area (Å²) in [5, 5.41) is 34.6. The highest BCUT2D eigenvalue weighted by Crippen LogP contribution is 2.39. The number of halogens is 1. The van der Waals surface area contributed by atoms with Crippen molar-refractivity contribution in [2.75, 3.05) is 34.9 Å². The molecule has 0 aliphatic carbocycles. The van der Waals surface area contributed by atoms with Gasteiger partial charge in [0.05, 0.1) is 67.7 Å². The molecule has 19 nitrogen and oxygen atoms in total. The molecular weight excluding hydrogens is 1010 g/mol. The second-order valence-electron chi connectivity index (χ2n) is 22.2. The maximum absolute atomic E-state index is 14.0. The molecule has 20 heteroatoms. The molecular formula is C57H88FNO18. The second-order valence-corrected chi connectivity index (χ2v) is 22.2. The van der Waals surface area contributed by atoms with Crippen LogP contribution in [-0.4, -0.2) is 183 Å². The van der Waals surface area contributed by atoms with Crippen molar-refractivity contribution in [3.63, 3.8) is 0 Å². The minimum absolute atomic E-state index is 0.0154. The van der Waals surface area contributed by atoms with Crippen LogP contribution in [0, 0.1) is 35.4 Å². The summed E-state index contributed by atoms with van der Waals surface area (Å²) in [6.45, 7) is 17.4. The van der Waals surface area contributed by atoms with Gasteiger partial charge in [-0.3, -0.25) is 14.4 Å². The van der Waals surface area contributed by atoms with Crippen LogP contribution in [0.1, 0.15) is 107 Å². The Morgan fingerprint density at radius 2 is 1.55 bits per heavy atom. The topological polar surface area (TPSA) is 234 Å². The molecule has 3 saturated heterocycles. The molecule has 77 heavy (non-hydrogen) atoms. The Labute approximate surface area is 454 Å². The molecule has 0 unspecified atom stereocenters. The number of ketones is 1. The zero-order chi connectivity index (χ0) is 57.1. The minimum Gasteiger partial charge on any atom is -0.462 e. The first-order valence-corrected chi connectivity index (χ1v) is 27.1. The molecule has 1 aromatic carbocycles. The van der Waals surface area contributed by atoms with Gasteiger partial charge in [0.25, 0.3) is 0 Å². The predicted molar refractivity (Wildman–Crippen MR) is 278 cm³/mol. The number of esters is 2. The van der Waals surface area contributed by atoms with Crippen molar-refractivity contribution in [2.45, 2.75) is 212 Å². The van der Waals surface area contributed by atoms with E-state index in [1.54, 1.807) is 94.6 Å². The van der Waals surface area contributed by atoms with Gasteiger partial charge >= 0.3 is 11.9 Å². The number of carbonyl (C=O) groups excluding carboxylic acids is 4. The highest BCUT2D eigenvalue weighted by Gasteiger charge is 2.54. The van der Waals surface area contributed by atoms with Crippen LogP contribution in [0.2, 0.25) is 0 Å². The van der Waals surface area contributed by atoms with Crippen molar-refractivity contribution in [3.8, 4) is 0 Å². The fraction of sp³-hybridized carbons (Fsp3) is 0.754. The van der Waals surface area contributed by atoms with Crippen LogP contribution in [0.25, 0.3) is 0 Å². The van der Waals surface area contributed by atoms with E-state index < -0.39 is 152 Å². The molecule has 4 aliphatic heterocycles. The number of nitrogens with zero attached hydrogens (tertiary/aromatic N) is 1. The summed E-state index contributed by atoms with van der Waals surface area (Å²) in [5.74, 6) is -5.36. The maximum Gasteiger partial charge on any atom is 0.308 e. The highest BCUT2D eigenvalue weighted by molar-refractivity contribution is 5.91. The number of benzene rings is 1. The van der Waals surface area contributed by atoms with Crippen LogP contribution >= 0.6 is 0 Å². The van der Waals surface area contributed by atoms with E-state index in [9.17, 15) is 38.9 Å². The van der Waals surface area contributed by atoms with Gasteiger partial charge in [0.1, 0.15) is 48.7 Å². The molecule has 3 N–H and O–H groups in total. The lowest BCUT2D eigenvalue weighted by molar-refractivity contribution is -0.345. The van der Waals surface area contributed by atoms with E-state index in [0.717, 1.165) is 6.29 Å². The van der Waals surface area contributed by atoms with Crippen molar-refractivity contribution in [3.05, 3.63) is 59.4 Å². The summed E-state index contributed by atoms with van der Waals surface area (Å²) in [7, 11) is 6.49. The van der Waals surface area contributed by atoms with Crippen LogP contribution in [0.4, 0.5) is 4.39 Å². The molecule has 0 spiro atoms. The van der Waals surface area contributed by atoms with E-state index in [-0.39, 0.29) is 44.1 Å². The standard InChI is InChI=1S/C57H88FNO18/c1-15-43-39(29-70-55-52(68-14)51(67-13)47(64)34(7)72-55)24-31(4)16-21-41(61)32(5)25-38(22-23-60)48(33(6)42(62)26-44(63)74-43)77-56-50(76-54(65)30(2)3)46(59(11)12)49(35(8)73-56)75-45-27-57(10,66)53(36(9)71-45)69-28-37-17-19-40(58)20-18-37/h16-21,23-24,30,32-36,38-39,42-43,45-53,55-56,62,64,66H,15,22,25-29H2,1-14H3/b21-16+,31-24+/t32-,33+,34-,35-,36+,38+,39-,42-,43-,45+,46+,47-,48-,49-,50-,51-,52-,53+,55-,56+,57-/m1/s1. The first-order chi connectivity index (χ1) is 36.3. The number of aliphatic hydroxyl groups is 3. The number of aliphatic hydroxyl groups excluding tert-OH is 2. The van der Waals surface area contributed by atoms with Gasteiger partial charge in [-0.1, -0.05) is 64.5 Å². The van der Waals surface area contributed by atoms with Crippen LogP contribution in [-0.2, 0) is 77.9 Å². The molecule has 0 bridgehead atoms. The normalized spacial score (nSPS) is 40.1. The van der Waals surface area contributed by atoms with Crippen LogP contribution in [0.15, 0.2) is 48.1 Å². The van der Waals surface area contributed by atoms with Crippen molar-refractivity contribution < 1.29 is 91.0 Å². The quantitative estimate of drug-likeness (QED) is 0.123. The number of cyclic esters (lactones) is 1. The van der Waals surface area contributed by atoms with Gasteiger partial charge in [-0.25, -0.2) is 4.39 Å². The summed E-state index contributed by atoms with van der Waals surface area (Å²) in [6.07, 6.45) is -8.48. The van der Waals surface area contributed by atoms with Gasteiger partial charge in [-0.2, -0.15) is 0 Å². The number of hydrogen-bond donors (Lipinski definition) is 3. The zero-order valence-electron chi connectivity index (χ0n) is 47.5. The first-order valence-electron chi connectivity index (χ1n) is 27.1. The molecule has 21 atom stereocenters. The van der Waals surface area contributed by atoms with Crippen molar-refractivity contribution in [2.24, 2.45) is 29.6 Å². The number of aldehydes is 1. The molecule has 1 aromatic rings. The predicted octanol–water partition coefficient (Wildman–Crippen LogP) is 5.40. The number of carbonyl (C=O) groups is 4. The van der Waals surface area contributed by atoms with Gasteiger partial charge in [-0.15, -0.1) is 0 Å². The summed E-state index contributed by atoms with van der Waals surface area (Å²) in [5.41, 5.74) is -0.0612. The third-order valence-corrected chi connectivity index (χ3v) is 15.4. The Hall–Kier alpha value is -3.61. The van der Waals surface area contributed by atoms with E-state index in [4.69, 9.17) is 52.1 Å². The monoisotopic (exact) mass is 1090 g/mol. The maximum atomic E-state index is 14.0. The van der Waals surface area contributed by atoms with E-state index in [1.165, 1.54) is 32.4 Å². The highest BCUT2D eigenvalue weighted by atomic mass is 19.1. The summed E-state index contributed by atoms with van der Waals surface area (Å²) < 4.78 is 82.4. The molecule has 0 amide bonds. The number of allylic oxidation sites excluding steroid dienone is 3. The van der Waals surface area contributed by atoms with E-state index in [2.05, 4.69) is 0 Å². The number of hydrogen-bond acceptors (Lipinski definition) is 19. The molecule has 436 valence electrons. The second kappa shape index (κ2) is 29.2. The first kappa shape index (κ1) is 64.2. The summed E-state index contributed by atoms with van der Waals surface area (Å²) >= 11 is 0. The Morgan fingerprint density at radius 3 is 2.14 bits per heavy atom. The average Bonchev–Trinajstić information content (AvgIpc) is 3.38. The number of ether oxygens (including phenoxy) is 11. The van der Waals surface area contributed by atoms with Crippen LogP contribution in [0.3, 0.4) is 0 Å². The third-order valence-electron chi connectivity index (χ3n) is 15.4. The Morgan fingerprint density at radius 1 is 0.883 bits per heavy atom. The molecule has 0 aromatic heterocycles. The number of methoxy groups -OCH3 is 2. The molecule has 4 heterocycles. The molecule has 5 rings (SSSR count). The summed E-state index contributed by atoms with van der Waals surface area (Å²) in [4.78, 5) is 56.1. The van der Waals surface area contributed by atoms with E-state index >= 15 is 0 Å². The van der Waals surface area contributed by atoms with Crippen molar-refractivity contribution >= 4 is 24.0 Å². The Bertz CT molecular complexity index is 2100. The number of rotatable bonds is 18. The largest absolute Gasteiger partial charge is 0.462 e. The van der Waals surface area contributed by atoms with E-state index in [0.29, 0.717) is 17.6 Å². The van der Waals surface area contributed by atoms with Gasteiger partial charge in [0, 0.05) is 44.8 Å². The smallest absolute Gasteiger partial charge is 0.308 e. The van der Waals surface area contributed by atoms with Gasteiger partial charge < -0.3 is 77.1 Å². The molecule has 4 aliphatic rings. The van der Waals surface area contributed by atoms with E-state index in [1.807, 2.05) is 17.9 Å². The van der Waals surface area contributed by atoms with Crippen LogP contribution < -0.4 is 0 Å². The van der Waals surface area contributed by atoms with Crippen molar-refractivity contribution in [1.29, 1.82) is 0 Å². The molecule has 3 fully saturated rings. The SMILES string of the molecule is CC[C@H]1OC(=O)C[C@@H](O)[C@H](C)[C@@H](O[C@@H]2O[C@H](C)[C@@H](O[C@H]3C[C@@](C)(O)[C@@H](OCc4ccc(F)cc4)[C@H](C)O3)[C@H](N(C)C)[C@H]2OC(=O)C(C)C)[C@@H](CC=O)C[C@@H](C)C(=O)/C=C/C(C)=C/[C@@H]1CO[C@@H]1O[C@H](C)[C@@H](O)[C@@H](OC)[C@H]1OC. The van der Waals surface area contributed by atoms with Crippen LogP contribution in [0.5, 0.6) is 0 Å². The van der Waals surface area contributed by atoms with Gasteiger partial charge in [-0.05, 0) is 91.2 Å². The molecule has 0 saturated carbocycles. The minimum atomic E-state index is -1.44. The fourth-order valence-electron chi connectivity index (χ4n) is 11.0.